The Morgan fingerprint density at radius 1 is 1.24 bits per heavy atom. The number of aromatic hydroxyl groups is 1. The van der Waals surface area contributed by atoms with Crippen LogP contribution in [-0.2, 0) is 49.1 Å². The molecule has 0 amide bonds. The molecule has 29 heavy (non-hydrogen) atoms. The van der Waals surface area contributed by atoms with Crippen LogP contribution in [0.4, 0.5) is 11.4 Å². The molecule has 0 aliphatic heterocycles. The second kappa shape index (κ2) is 12.0. The average molecular weight is 488 g/mol. The van der Waals surface area contributed by atoms with Gasteiger partial charge in [0.2, 0.25) is 5.88 Å². The average Bonchev–Trinajstić information content (AvgIpc) is 2.70. The fourth-order valence-corrected chi connectivity index (χ4v) is 3.08. The number of nitriles is 1. The molecule has 0 spiro atoms. The van der Waals surface area contributed by atoms with E-state index < -0.39 is 21.3 Å². The van der Waals surface area contributed by atoms with Crippen LogP contribution in [0, 0.1) is 25.2 Å². The summed E-state index contributed by atoms with van der Waals surface area (Å²) in [6.45, 7) is 8.19. The largest absolute Gasteiger partial charge is 0.493 e. The minimum Gasteiger partial charge on any atom is -0.493 e. The Labute approximate surface area is 196 Å². The van der Waals surface area contributed by atoms with Crippen molar-refractivity contribution in [1.82, 2.24) is 4.57 Å². The number of nitrogens with zero attached hydrogens (tertiary/aromatic N) is 4. The minimum absolute atomic E-state index is 0. The van der Waals surface area contributed by atoms with Gasteiger partial charge in [-0.3, -0.25) is 9.36 Å². The third kappa shape index (κ3) is 6.08. The van der Waals surface area contributed by atoms with Crippen LogP contribution in [0.2, 0.25) is 6.82 Å². The maximum Gasteiger partial charge on any atom is 0.281 e. The number of pyridine rings is 1. The van der Waals surface area contributed by atoms with Crippen molar-refractivity contribution in [2.24, 2.45) is 10.2 Å². The summed E-state index contributed by atoms with van der Waals surface area (Å²) in [6.07, 6.45) is 0. The van der Waals surface area contributed by atoms with Gasteiger partial charge in [-0.25, -0.2) is 8.42 Å². The van der Waals surface area contributed by atoms with Crippen molar-refractivity contribution in [3.05, 3.63) is 52.7 Å². The Morgan fingerprint density at radius 2 is 1.79 bits per heavy atom. The first-order valence-electron chi connectivity index (χ1n) is 8.24. The number of hydrogen-bond acceptors (Lipinski definition) is 7. The van der Waals surface area contributed by atoms with Crippen LogP contribution in [0.1, 0.15) is 18.1 Å². The van der Waals surface area contributed by atoms with Crippen LogP contribution < -0.4 is 5.56 Å². The first-order valence-corrected chi connectivity index (χ1v) is 9.90. The topological polar surface area (TPSA) is 125 Å². The Bertz CT molecular complexity index is 1080. The molecule has 0 aliphatic carbocycles. The number of azo groups is 1. The van der Waals surface area contributed by atoms with Gasteiger partial charge in [0.25, 0.3) is 5.56 Å². The molecule has 149 valence electrons. The molecule has 1 heterocycles. The number of aromatic nitrogens is 1. The molecule has 0 fully saturated rings. The van der Waals surface area contributed by atoms with Crippen molar-refractivity contribution in [1.29, 1.82) is 5.26 Å². The second-order valence-electron chi connectivity index (χ2n) is 5.35. The van der Waals surface area contributed by atoms with E-state index in [1.807, 2.05) is 6.07 Å². The number of sulfone groups is 1. The molecule has 2 aromatic rings. The summed E-state index contributed by atoms with van der Waals surface area (Å²) in [5.74, 6) is -0.659. The van der Waals surface area contributed by atoms with Gasteiger partial charge in [0.1, 0.15) is 11.6 Å². The number of benzene rings is 1. The monoisotopic (exact) mass is 488 g/mol. The number of rotatable bonds is 5. The Hall–Kier alpha value is -1.82. The van der Waals surface area contributed by atoms with Crippen LogP contribution in [0.15, 0.2) is 44.2 Å². The molecule has 0 atom stereocenters. The molecule has 0 aliphatic rings. The van der Waals surface area contributed by atoms with Crippen molar-refractivity contribution in [3.63, 3.8) is 0 Å². The van der Waals surface area contributed by atoms with E-state index in [1.54, 1.807) is 6.92 Å². The van der Waals surface area contributed by atoms with E-state index >= 15 is 0 Å². The van der Waals surface area contributed by atoms with Crippen molar-refractivity contribution in [2.45, 2.75) is 32.1 Å². The zero-order valence-corrected chi connectivity index (χ0v) is 20.1. The van der Waals surface area contributed by atoms with Gasteiger partial charge in [-0.2, -0.15) is 10.4 Å². The predicted octanol–water partition coefficient (Wildman–Crippen LogP) is 2.98. The van der Waals surface area contributed by atoms with Gasteiger partial charge in [0.15, 0.2) is 15.5 Å². The van der Waals surface area contributed by atoms with Crippen LogP contribution in [0.5, 0.6) is 5.88 Å². The molecule has 0 unspecified atom stereocenters. The molecule has 0 saturated carbocycles. The zero-order valence-electron chi connectivity index (χ0n) is 16.5. The number of hydrogen-bond donors (Lipinski definition) is 1. The van der Waals surface area contributed by atoms with Gasteiger partial charge in [0, 0.05) is 44.8 Å². The molecule has 1 aromatic heterocycles. The van der Waals surface area contributed by atoms with E-state index in [4.69, 9.17) is 0 Å². The van der Waals surface area contributed by atoms with Crippen LogP contribution in [-0.4, -0.2) is 31.7 Å². The summed E-state index contributed by atoms with van der Waals surface area (Å²) in [5.41, 5.74) is -0.115. The fraction of sp³-hybridized carbons (Fsp3) is 0.278. The molecule has 11 heteroatoms. The van der Waals surface area contributed by atoms with Crippen molar-refractivity contribution >= 4 is 29.1 Å². The van der Waals surface area contributed by atoms with E-state index in [1.165, 1.54) is 38.0 Å². The van der Waals surface area contributed by atoms with E-state index in [-0.39, 0.29) is 66.7 Å². The second-order valence-corrected chi connectivity index (χ2v) is 7.46. The molecule has 8 nitrogen and oxygen atoms in total. The summed E-state index contributed by atoms with van der Waals surface area (Å²) in [7, 11) is 1.08. The summed E-state index contributed by atoms with van der Waals surface area (Å²) >= 11 is 0. The van der Waals surface area contributed by atoms with Gasteiger partial charge < -0.3 is 12.0 Å². The Morgan fingerprint density at radius 3 is 2.24 bits per heavy atom. The summed E-state index contributed by atoms with van der Waals surface area (Å²) in [4.78, 5) is 12.5. The first-order chi connectivity index (χ1) is 13.3. The van der Waals surface area contributed by atoms with Crippen LogP contribution in [0.3, 0.4) is 0 Å². The summed E-state index contributed by atoms with van der Waals surface area (Å²) < 4.78 is 24.5. The summed E-state index contributed by atoms with van der Waals surface area (Å²) in [6, 6.07) is 7.51. The first kappa shape index (κ1) is 27.2. The van der Waals surface area contributed by atoms with Gasteiger partial charge in [0.05, 0.1) is 18.4 Å². The zero-order chi connectivity index (χ0) is 21.5. The van der Waals surface area contributed by atoms with Crippen LogP contribution in [0.25, 0.3) is 0 Å². The van der Waals surface area contributed by atoms with E-state index in [9.17, 15) is 23.6 Å². The maximum atomic E-state index is 12.4. The van der Waals surface area contributed by atoms with Gasteiger partial charge >= 0.3 is 0 Å². The predicted molar refractivity (Wildman–Crippen MR) is 107 cm³/mol. The van der Waals surface area contributed by atoms with E-state index in [0.717, 1.165) is 4.57 Å². The molecule has 2 rings (SSSR count). The molecule has 0 saturated heterocycles. The fourth-order valence-electron chi connectivity index (χ4n) is 2.30. The van der Waals surface area contributed by atoms with Crippen molar-refractivity contribution in [3.8, 4) is 11.9 Å². The molecule has 1 aromatic carbocycles. The maximum absolute atomic E-state index is 12.4. The third-order valence-electron chi connectivity index (χ3n) is 3.82. The van der Waals surface area contributed by atoms with Crippen molar-refractivity contribution < 1.29 is 46.2 Å². The van der Waals surface area contributed by atoms with Crippen molar-refractivity contribution in [2.75, 3.05) is 5.75 Å². The Kier molecular flexibility index (Phi) is 11.3. The molecular weight excluding hydrogens is 468 g/mol. The standard InChI is InChI=1S/C17H17N4O4S.CH3B.Y/c1-4-21-16(22)14(10-18)11(3)15(17(21)23)20-19-12-6-8-13(9-7-12)26(24,25)5-2;1-2;/h6-9,22H,2,4-5H2,1,3H3;1H3;/q-1;;. The normalized spacial score (nSPS) is 10.6. The molecule has 0 bridgehead atoms. The minimum atomic E-state index is -3.42. The third-order valence-corrected chi connectivity index (χ3v) is 5.34. The van der Waals surface area contributed by atoms with Gasteiger partial charge in [-0.05, 0) is 38.1 Å². The quantitative estimate of drug-likeness (QED) is 0.394. The molecule has 3 radical (unpaired) electrons. The van der Waals surface area contributed by atoms with E-state index in [0.29, 0.717) is 5.69 Å². The van der Waals surface area contributed by atoms with Gasteiger partial charge in [-0.15, -0.1) is 5.11 Å². The smallest absolute Gasteiger partial charge is 0.281 e. The summed E-state index contributed by atoms with van der Waals surface area (Å²) in [5, 5.41) is 27.0. The molecule has 1 N–H and O–H groups in total. The van der Waals surface area contributed by atoms with E-state index in [2.05, 4.69) is 25.0 Å². The Balaban J connectivity index is 0.00000253. The van der Waals surface area contributed by atoms with Crippen LogP contribution >= 0.6 is 0 Å². The van der Waals surface area contributed by atoms with Gasteiger partial charge in [-0.1, -0.05) is 12.6 Å². The SMILES string of the molecule is [B]C.[CH2-]CS(=O)(=O)c1ccc(N=Nc2c(C)c(C#N)c(O)n(CC)c2=O)cc1.[Y]. The molecular formula is C18H20BN4O4SY-.